The highest BCUT2D eigenvalue weighted by atomic mass is 32.1. The number of hydrogen-bond acceptors (Lipinski definition) is 5. The molecule has 0 amide bonds. The predicted molar refractivity (Wildman–Crippen MR) is 82.9 cm³/mol. The van der Waals surface area contributed by atoms with E-state index in [9.17, 15) is 4.79 Å². The van der Waals surface area contributed by atoms with Crippen molar-refractivity contribution in [3.8, 4) is 0 Å². The van der Waals surface area contributed by atoms with Crippen LogP contribution in [0.5, 0.6) is 0 Å². The van der Waals surface area contributed by atoms with Crippen LogP contribution in [-0.4, -0.2) is 21.0 Å². The zero-order chi connectivity index (χ0) is 14.8. The third-order valence-corrected chi connectivity index (χ3v) is 3.97. The Morgan fingerprint density at radius 1 is 1.38 bits per heavy atom. The van der Waals surface area contributed by atoms with Gasteiger partial charge in [-0.3, -0.25) is 0 Å². The summed E-state index contributed by atoms with van der Waals surface area (Å²) in [6.07, 6.45) is 1.83. The summed E-state index contributed by atoms with van der Waals surface area (Å²) < 4.78 is 0. The van der Waals surface area contributed by atoms with Crippen LogP contribution in [0, 0.1) is 6.92 Å². The standard InChI is InChI=1S/C15H13N3O2S/c1-9-16-7-10(21-9)8-17-13-6-14(15(19)20)18-12-5-3-2-4-11(12)13/h2-7H,8H2,1H3,(H,17,18)(H,19,20). The van der Waals surface area contributed by atoms with Crippen LogP contribution >= 0.6 is 11.3 Å². The van der Waals surface area contributed by atoms with Crippen molar-refractivity contribution in [3.05, 3.63) is 52.1 Å². The lowest BCUT2D eigenvalue weighted by atomic mass is 10.1. The zero-order valence-corrected chi connectivity index (χ0v) is 12.1. The summed E-state index contributed by atoms with van der Waals surface area (Å²) in [5, 5.41) is 14.4. The van der Waals surface area contributed by atoms with Gasteiger partial charge in [0.25, 0.3) is 0 Å². The molecule has 2 aromatic heterocycles. The first-order valence-electron chi connectivity index (χ1n) is 6.42. The normalized spacial score (nSPS) is 10.7. The lowest BCUT2D eigenvalue weighted by molar-refractivity contribution is 0.0691. The Balaban J connectivity index is 1.97. The summed E-state index contributed by atoms with van der Waals surface area (Å²) in [5.41, 5.74) is 1.47. The molecule has 5 nitrogen and oxygen atoms in total. The fourth-order valence-electron chi connectivity index (χ4n) is 2.10. The van der Waals surface area contributed by atoms with Gasteiger partial charge in [-0.2, -0.15) is 0 Å². The summed E-state index contributed by atoms with van der Waals surface area (Å²) >= 11 is 1.62. The van der Waals surface area contributed by atoms with Crippen LogP contribution in [0.3, 0.4) is 0 Å². The topological polar surface area (TPSA) is 75.1 Å². The van der Waals surface area contributed by atoms with Gasteiger partial charge in [0.1, 0.15) is 0 Å². The third-order valence-electron chi connectivity index (χ3n) is 3.06. The average Bonchev–Trinajstić information content (AvgIpc) is 2.90. The molecule has 0 radical (unpaired) electrons. The van der Waals surface area contributed by atoms with Gasteiger partial charge in [-0.25, -0.2) is 14.8 Å². The highest BCUT2D eigenvalue weighted by molar-refractivity contribution is 7.11. The number of carbonyl (C=O) groups is 1. The first-order chi connectivity index (χ1) is 10.1. The molecule has 0 spiro atoms. The Bertz CT molecular complexity index is 814. The number of fused-ring (bicyclic) bond motifs is 1. The molecule has 0 saturated carbocycles. The van der Waals surface area contributed by atoms with E-state index in [4.69, 9.17) is 5.11 Å². The van der Waals surface area contributed by atoms with Gasteiger partial charge in [-0.1, -0.05) is 18.2 Å². The van der Waals surface area contributed by atoms with Crippen LogP contribution in [0.1, 0.15) is 20.4 Å². The molecule has 3 aromatic rings. The number of benzene rings is 1. The van der Waals surface area contributed by atoms with Crippen LogP contribution in [0.25, 0.3) is 10.9 Å². The number of nitrogens with zero attached hydrogens (tertiary/aromatic N) is 2. The molecule has 1 aromatic carbocycles. The van der Waals surface area contributed by atoms with Crippen LogP contribution in [0.4, 0.5) is 5.69 Å². The molecule has 0 aliphatic rings. The van der Waals surface area contributed by atoms with Gasteiger partial charge < -0.3 is 10.4 Å². The minimum absolute atomic E-state index is 0.0386. The van der Waals surface area contributed by atoms with Crippen molar-refractivity contribution in [2.75, 3.05) is 5.32 Å². The van der Waals surface area contributed by atoms with Gasteiger partial charge in [-0.15, -0.1) is 11.3 Å². The van der Waals surface area contributed by atoms with Crippen LogP contribution in [-0.2, 0) is 6.54 Å². The molecule has 0 bridgehead atoms. The molecule has 0 aliphatic carbocycles. The Kier molecular flexibility index (Phi) is 3.53. The minimum Gasteiger partial charge on any atom is -0.477 e. The van der Waals surface area contributed by atoms with E-state index >= 15 is 0 Å². The van der Waals surface area contributed by atoms with Crippen LogP contribution < -0.4 is 5.32 Å². The predicted octanol–water partition coefficient (Wildman–Crippen LogP) is 3.31. The number of para-hydroxylation sites is 1. The number of aromatic carboxylic acids is 1. The number of rotatable bonds is 4. The second kappa shape index (κ2) is 5.49. The van der Waals surface area contributed by atoms with Gasteiger partial charge in [0.15, 0.2) is 5.69 Å². The summed E-state index contributed by atoms with van der Waals surface area (Å²) in [7, 11) is 0. The molecule has 0 atom stereocenters. The molecule has 2 N–H and O–H groups in total. The second-order valence-corrected chi connectivity index (χ2v) is 5.90. The number of pyridine rings is 1. The average molecular weight is 299 g/mol. The van der Waals surface area contributed by atoms with E-state index < -0.39 is 5.97 Å². The van der Waals surface area contributed by atoms with Gasteiger partial charge in [-0.05, 0) is 19.1 Å². The van der Waals surface area contributed by atoms with Gasteiger partial charge in [0, 0.05) is 22.1 Å². The van der Waals surface area contributed by atoms with Crippen molar-refractivity contribution in [2.45, 2.75) is 13.5 Å². The molecule has 6 heteroatoms. The van der Waals surface area contributed by atoms with E-state index in [1.165, 1.54) is 0 Å². The summed E-state index contributed by atoms with van der Waals surface area (Å²) in [5.74, 6) is -1.03. The molecule has 0 aliphatic heterocycles. The maximum absolute atomic E-state index is 11.2. The van der Waals surface area contributed by atoms with Crippen molar-refractivity contribution in [1.82, 2.24) is 9.97 Å². The number of hydrogen-bond donors (Lipinski definition) is 2. The number of aryl methyl sites for hydroxylation is 1. The fraction of sp³-hybridized carbons (Fsp3) is 0.133. The van der Waals surface area contributed by atoms with Crippen LogP contribution in [0.15, 0.2) is 36.5 Å². The van der Waals surface area contributed by atoms with Crippen molar-refractivity contribution >= 4 is 33.9 Å². The molecule has 21 heavy (non-hydrogen) atoms. The van der Waals surface area contributed by atoms with Gasteiger partial charge in [0.05, 0.1) is 17.1 Å². The fourth-order valence-corrected chi connectivity index (χ4v) is 2.84. The largest absolute Gasteiger partial charge is 0.477 e. The smallest absolute Gasteiger partial charge is 0.354 e. The molecular formula is C15H13N3O2S. The number of anilines is 1. The Labute approximate surface area is 125 Å². The summed E-state index contributed by atoms with van der Waals surface area (Å²) in [6, 6.07) is 9.06. The monoisotopic (exact) mass is 299 g/mol. The maximum atomic E-state index is 11.2. The highest BCUT2D eigenvalue weighted by Gasteiger charge is 2.10. The lowest BCUT2D eigenvalue weighted by Gasteiger charge is -2.09. The Morgan fingerprint density at radius 3 is 2.90 bits per heavy atom. The maximum Gasteiger partial charge on any atom is 0.354 e. The van der Waals surface area contributed by atoms with Crippen molar-refractivity contribution in [1.29, 1.82) is 0 Å². The van der Waals surface area contributed by atoms with Crippen LogP contribution in [0.2, 0.25) is 0 Å². The molecule has 2 heterocycles. The number of nitrogens with one attached hydrogen (secondary N) is 1. The third kappa shape index (κ3) is 2.85. The highest BCUT2D eigenvalue weighted by Crippen LogP contribution is 2.24. The van der Waals surface area contributed by atoms with Gasteiger partial charge >= 0.3 is 5.97 Å². The van der Waals surface area contributed by atoms with Crippen molar-refractivity contribution in [2.24, 2.45) is 0 Å². The van der Waals surface area contributed by atoms with Crippen molar-refractivity contribution in [3.63, 3.8) is 0 Å². The van der Waals surface area contributed by atoms with E-state index in [0.717, 1.165) is 21.0 Å². The van der Waals surface area contributed by atoms with E-state index in [2.05, 4.69) is 15.3 Å². The first kappa shape index (κ1) is 13.5. The van der Waals surface area contributed by atoms with E-state index in [-0.39, 0.29) is 5.69 Å². The molecule has 0 fully saturated rings. The molecule has 106 valence electrons. The summed E-state index contributed by atoms with van der Waals surface area (Å²) in [6.45, 7) is 2.57. The SMILES string of the molecule is Cc1ncc(CNc2cc(C(=O)O)nc3ccccc23)s1. The molecule has 0 saturated heterocycles. The number of carboxylic acids is 1. The van der Waals surface area contributed by atoms with Crippen molar-refractivity contribution < 1.29 is 9.90 Å². The lowest BCUT2D eigenvalue weighted by Crippen LogP contribution is -2.04. The van der Waals surface area contributed by atoms with E-state index in [1.54, 1.807) is 17.4 Å². The Hall–Kier alpha value is -2.47. The minimum atomic E-state index is -1.03. The number of aromatic nitrogens is 2. The first-order valence-corrected chi connectivity index (χ1v) is 7.23. The second-order valence-electron chi connectivity index (χ2n) is 4.58. The quantitative estimate of drug-likeness (QED) is 0.773. The van der Waals surface area contributed by atoms with E-state index in [0.29, 0.717) is 12.1 Å². The van der Waals surface area contributed by atoms with E-state index in [1.807, 2.05) is 37.4 Å². The van der Waals surface area contributed by atoms with Gasteiger partial charge in [0.2, 0.25) is 0 Å². The number of thiazole rings is 1. The number of carboxylic acid groups (broad SMARTS) is 1. The Morgan fingerprint density at radius 2 is 2.19 bits per heavy atom. The molecular weight excluding hydrogens is 286 g/mol. The molecule has 3 rings (SSSR count). The molecule has 0 unspecified atom stereocenters. The summed E-state index contributed by atoms with van der Waals surface area (Å²) in [4.78, 5) is 20.6. The zero-order valence-electron chi connectivity index (χ0n) is 11.3.